The Labute approximate surface area is 122 Å². The lowest BCUT2D eigenvalue weighted by Gasteiger charge is -2.07. The summed E-state index contributed by atoms with van der Waals surface area (Å²) in [5.41, 5.74) is 3.05. The second-order valence-electron chi connectivity index (χ2n) is 4.71. The summed E-state index contributed by atoms with van der Waals surface area (Å²) in [6.07, 6.45) is 0. The number of hydrogen-bond donors (Lipinski definition) is 0. The number of carbonyl (C=O) groups is 1. The van der Waals surface area contributed by atoms with E-state index >= 15 is 0 Å². The van der Waals surface area contributed by atoms with E-state index < -0.39 is 0 Å². The van der Waals surface area contributed by atoms with Crippen molar-refractivity contribution in [3.05, 3.63) is 65.5 Å². The molecule has 4 nitrogen and oxygen atoms in total. The molecule has 0 fully saturated rings. The van der Waals surface area contributed by atoms with Gasteiger partial charge in [-0.1, -0.05) is 24.3 Å². The number of fused-ring (bicyclic) bond motifs is 1. The van der Waals surface area contributed by atoms with E-state index in [-0.39, 0.29) is 5.78 Å². The number of ketones is 1. The average Bonchev–Trinajstić information content (AvgIpc) is 2.53. The Morgan fingerprint density at radius 2 is 1.71 bits per heavy atom. The van der Waals surface area contributed by atoms with Crippen molar-refractivity contribution < 1.29 is 9.53 Å². The molecule has 2 aromatic carbocycles. The lowest BCUT2D eigenvalue weighted by atomic mass is 10.1. The number of para-hydroxylation sites is 2. The Bertz CT molecular complexity index is 828. The highest BCUT2D eigenvalue weighted by atomic mass is 16.5. The van der Waals surface area contributed by atoms with Gasteiger partial charge in [-0.05, 0) is 31.2 Å². The molecule has 0 unspecified atom stereocenters. The maximum absolute atomic E-state index is 12.6. The highest BCUT2D eigenvalue weighted by Gasteiger charge is 2.16. The third-order valence-corrected chi connectivity index (χ3v) is 3.29. The standard InChI is InChI=1S/C17H14N2O2/c1-11-16(19-15-9-4-3-8-14(15)18-11)17(20)12-6-5-7-13(10-12)21-2/h3-10H,1-2H3. The van der Waals surface area contributed by atoms with Crippen molar-refractivity contribution in [2.75, 3.05) is 7.11 Å². The second kappa shape index (κ2) is 5.32. The summed E-state index contributed by atoms with van der Waals surface area (Å²) in [7, 11) is 1.57. The monoisotopic (exact) mass is 278 g/mol. The van der Waals surface area contributed by atoms with Crippen LogP contribution in [-0.2, 0) is 0 Å². The predicted molar refractivity (Wildman–Crippen MR) is 80.7 cm³/mol. The van der Waals surface area contributed by atoms with Gasteiger partial charge in [0, 0.05) is 5.56 Å². The molecule has 104 valence electrons. The lowest BCUT2D eigenvalue weighted by molar-refractivity contribution is 0.103. The minimum absolute atomic E-state index is 0.148. The molecule has 0 aliphatic carbocycles. The van der Waals surface area contributed by atoms with Crippen LogP contribution >= 0.6 is 0 Å². The maximum Gasteiger partial charge on any atom is 0.213 e. The molecule has 0 radical (unpaired) electrons. The third kappa shape index (κ3) is 2.48. The van der Waals surface area contributed by atoms with Gasteiger partial charge in [0.15, 0.2) is 0 Å². The normalized spacial score (nSPS) is 10.6. The Hall–Kier alpha value is -2.75. The molecule has 0 spiro atoms. The first-order valence-corrected chi connectivity index (χ1v) is 6.61. The SMILES string of the molecule is COc1cccc(C(=O)c2nc3ccccc3nc2C)c1. The highest BCUT2D eigenvalue weighted by molar-refractivity contribution is 6.09. The summed E-state index contributed by atoms with van der Waals surface area (Å²) < 4.78 is 5.15. The minimum atomic E-state index is -0.148. The molecule has 3 rings (SSSR count). The zero-order chi connectivity index (χ0) is 14.8. The fourth-order valence-corrected chi connectivity index (χ4v) is 2.20. The van der Waals surface area contributed by atoms with E-state index in [1.54, 1.807) is 38.3 Å². The molecule has 0 bridgehead atoms. The number of nitrogens with zero attached hydrogens (tertiary/aromatic N) is 2. The minimum Gasteiger partial charge on any atom is -0.497 e. The van der Waals surface area contributed by atoms with Gasteiger partial charge in [0.2, 0.25) is 5.78 Å². The first-order valence-electron chi connectivity index (χ1n) is 6.61. The summed E-state index contributed by atoms with van der Waals surface area (Å²) in [5, 5.41) is 0. The number of aryl methyl sites for hydroxylation is 1. The van der Waals surface area contributed by atoms with Crippen LogP contribution in [0.25, 0.3) is 11.0 Å². The van der Waals surface area contributed by atoms with Crippen LogP contribution in [0.2, 0.25) is 0 Å². The average molecular weight is 278 g/mol. The largest absolute Gasteiger partial charge is 0.497 e. The molecular weight excluding hydrogens is 264 g/mol. The fraction of sp³-hybridized carbons (Fsp3) is 0.118. The number of aromatic nitrogens is 2. The molecule has 0 saturated carbocycles. The van der Waals surface area contributed by atoms with Crippen LogP contribution in [0.5, 0.6) is 5.75 Å². The molecule has 0 saturated heterocycles. The number of rotatable bonds is 3. The molecule has 1 aromatic heterocycles. The molecule has 4 heteroatoms. The van der Waals surface area contributed by atoms with E-state index in [1.165, 1.54) is 0 Å². The topological polar surface area (TPSA) is 52.1 Å². The van der Waals surface area contributed by atoms with E-state index in [9.17, 15) is 4.79 Å². The summed E-state index contributed by atoms with van der Waals surface area (Å²) in [4.78, 5) is 21.5. The smallest absolute Gasteiger partial charge is 0.213 e. The zero-order valence-electron chi connectivity index (χ0n) is 11.8. The van der Waals surface area contributed by atoms with Crippen molar-refractivity contribution in [3.63, 3.8) is 0 Å². The zero-order valence-corrected chi connectivity index (χ0v) is 11.8. The van der Waals surface area contributed by atoms with Crippen molar-refractivity contribution in [2.45, 2.75) is 6.92 Å². The number of benzene rings is 2. The molecular formula is C17H14N2O2. The second-order valence-corrected chi connectivity index (χ2v) is 4.71. The fourth-order valence-electron chi connectivity index (χ4n) is 2.20. The van der Waals surface area contributed by atoms with Gasteiger partial charge in [-0.3, -0.25) is 4.79 Å². The van der Waals surface area contributed by atoms with Gasteiger partial charge in [0.25, 0.3) is 0 Å². The molecule has 0 amide bonds. The van der Waals surface area contributed by atoms with Gasteiger partial charge in [-0.15, -0.1) is 0 Å². The van der Waals surface area contributed by atoms with Gasteiger partial charge in [-0.2, -0.15) is 0 Å². The van der Waals surface area contributed by atoms with E-state index in [4.69, 9.17) is 4.74 Å². The van der Waals surface area contributed by atoms with E-state index in [0.29, 0.717) is 28.2 Å². The van der Waals surface area contributed by atoms with Crippen molar-refractivity contribution in [2.24, 2.45) is 0 Å². The maximum atomic E-state index is 12.6. The Morgan fingerprint density at radius 3 is 2.43 bits per heavy atom. The van der Waals surface area contributed by atoms with Gasteiger partial charge < -0.3 is 4.74 Å². The van der Waals surface area contributed by atoms with E-state index in [2.05, 4.69) is 9.97 Å². The van der Waals surface area contributed by atoms with Gasteiger partial charge in [0.05, 0.1) is 23.8 Å². The van der Waals surface area contributed by atoms with Crippen molar-refractivity contribution in [1.29, 1.82) is 0 Å². The van der Waals surface area contributed by atoms with Gasteiger partial charge >= 0.3 is 0 Å². The Balaban J connectivity index is 2.10. The van der Waals surface area contributed by atoms with Crippen LogP contribution in [0, 0.1) is 6.92 Å². The summed E-state index contributed by atoms with van der Waals surface area (Å²) >= 11 is 0. The Kier molecular flexibility index (Phi) is 3.36. The molecule has 0 atom stereocenters. The molecule has 1 heterocycles. The van der Waals surface area contributed by atoms with E-state index in [1.807, 2.05) is 24.3 Å². The predicted octanol–water partition coefficient (Wildman–Crippen LogP) is 3.18. The first-order chi connectivity index (χ1) is 10.2. The number of hydrogen-bond acceptors (Lipinski definition) is 4. The van der Waals surface area contributed by atoms with Crippen molar-refractivity contribution in [3.8, 4) is 5.75 Å². The van der Waals surface area contributed by atoms with Crippen LogP contribution in [0.15, 0.2) is 48.5 Å². The summed E-state index contributed by atoms with van der Waals surface area (Å²) in [6, 6.07) is 14.6. The Morgan fingerprint density at radius 1 is 1.00 bits per heavy atom. The van der Waals surface area contributed by atoms with Crippen molar-refractivity contribution in [1.82, 2.24) is 9.97 Å². The van der Waals surface area contributed by atoms with Crippen LogP contribution in [0.3, 0.4) is 0 Å². The van der Waals surface area contributed by atoms with E-state index in [0.717, 1.165) is 5.52 Å². The first kappa shape index (κ1) is 13.2. The molecule has 21 heavy (non-hydrogen) atoms. The van der Waals surface area contributed by atoms with Crippen molar-refractivity contribution >= 4 is 16.8 Å². The van der Waals surface area contributed by atoms with Crippen LogP contribution in [0.1, 0.15) is 21.7 Å². The van der Waals surface area contributed by atoms with Gasteiger partial charge in [0.1, 0.15) is 11.4 Å². The van der Waals surface area contributed by atoms with Crippen LogP contribution in [0.4, 0.5) is 0 Å². The number of methoxy groups -OCH3 is 1. The highest BCUT2D eigenvalue weighted by Crippen LogP contribution is 2.18. The van der Waals surface area contributed by atoms with Crippen LogP contribution in [-0.4, -0.2) is 22.9 Å². The van der Waals surface area contributed by atoms with Crippen LogP contribution < -0.4 is 4.74 Å². The third-order valence-electron chi connectivity index (χ3n) is 3.29. The van der Waals surface area contributed by atoms with Gasteiger partial charge in [-0.25, -0.2) is 9.97 Å². The summed E-state index contributed by atoms with van der Waals surface area (Å²) in [6.45, 7) is 1.80. The quantitative estimate of drug-likeness (QED) is 0.690. The number of ether oxygens (including phenoxy) is 1. The summed E-state index contributed by atoms with van der Waals surface area (Å²) in [5.74, 6) is 0.497. The molecule has 0 aliphatic rings. The molecule has 3 aromatic rings. The molecule has 0 N–H and O–H groups in total. The lowest BCUT2D eigenvalue weighted by Crippen LogP contribution is -2.08. The number of carbonyl (C=O) groups excluding carboxylic acids is 1. The molecule has 0 aliphatic heterocycles.